The van der Waals surface area contributed by atoms with Crippen LogP contribution in [0, 0.1) is 0 Å². The number of likely N-dealkylation sites (tertiary alicyclic amines) is 1. The molecule has 0 spiro atoms. The Labute approximate surface area is 131 Å². The van der Waals surface area contributed by atoms with Crippen molar-refractivity contribution in [2.45, 2.75) is 38.6 Å². The molecule has 0 bridgehead atoms. The van der Waals surface area contributed by atoms with Gasteiger partial charge in [0.2, 0.25) is 5.91 Å². The van der Waals surface area contributed by atoms with E-state index in [1.165, 1.54) is 6.42 Å². The van der Waals surface area contributed by atoms with Crippen LogP contribution < -0.4 is 10.5 Å². The number of methoxy groups -OCH3 is 1. The number of rotatable bonds is 4. The second-order valence-electron chi connectivity index (χ2n) is 5.37. The summed E-state index contributed by atoms with van der Waals surface area (Å²) in [7, 11) is 1.63. The van der Waals surface area contributed by atoms with Gasteiger partial charge < -0.3 is 15.4 Å². The number of ether oxygens (including phenoxy) is 1. The fourth-order valence-electron chi connectivity index (χ4n) is 2.64. The molecule has 0 atom stereocenters. The zero-order valence-corrected chi connectivity index (χ0v) is 13.2. The second kappa shape index (κ2) is 7.41. The van der Waals surface area contributed by atoms with Gasteiger partial charge in [-0.05, 0) is 31.0 Å². The molecule has 1 aromatic carbocycles. The maximum absolute atomic E-state index is 12.2. The van der Waals surface area contributed by atoms with E-state index in [1.54, 1.807) is 7.11 Å². The van der Waals surface area contributed by atoms with Crippen molar-refractivity contribution in [1.29, 1.82) is 0 Å². The first-order valence-electron chi connectivity index (χ1n) is 7.36. The van der Waals surface area contributed by atoms with Crippen LogP contribution in [0.1, 0.15) is 43.2 Å². The summed E-state index contributed by atoms with van der Waals surface area (Å²) in [6.45, 7) is 1.36. The molecule has 0 radical (unpaired) electrons. The standard InChI is InChI=1S/C16H22N2O2S/c1-20-14-8-7-12(16(17)21)10-13(14)11-18-9-5-3-2-4-6-15(18)19/h7-8,10H,2-6,9,11H2,1H3,(H2,17,21). The van der Waals surface area contributed by atoms with Gasteiger partial charge in [0.25, 0.3) is 0 Å². The maximum atomic E-state index is 12.2. The number of nitrogens with zero attached hydrogens (tertiary/aromatic N) is 1. The van der Waals surface area contributed by atoms with Crippen molar-refractivity contribution >= 4 is 23.1 Å². The van der Waals surface area contributed by atoms with Gasteiger partial charge in [0.15, 0.2) is 0 Å². The Bertz CT molecular complexity index is 531. The lowest BCUT2D eigenvalue weighted by molar-refractivity contribution is -0.132. The van der Waals surface area contributed by atoms with E-state index >= 15 is 0 Å². The molecule has 0 unspecified atom stereocenters. The summed E-state index contributed by atoms with van der Waals surface area (Å²) in [4.78, 5) is 14.5. The SMILES string of the molecule is COc1ccc(C(N)=S)cc1CN1CCCCCCC1=O. The molecule has 4 nitrogen and oxygen atoms in total. The summed E-state index contributed by atoms with van der Waals surface area (Å²) in [6, 6.07) is 5.63. The van der Waals surface area contributed by atoms with Crippen LogP contribution in [0.5, 0.6) is 5.75 Å². The lowest BCUT2D eigenvalue weighted by Gasteiger charge is -2.26. The highest BCUT2D eigenvalue weighted by Crippen LogP contribution is 2.23. The van der Waals surface area contributed by atoms with Crippen molar-refractivity contribution < 1.29 is 9.53 Å². The normalized spacial score (nSPS) is 16.2. The molecular formula is C16H22N2O2S. The van der Waals surface area contributed by atoms with Crippen molar-refractivity contribution in [3.8, 4) is 5.75 Å². The highest BCUT2D eigenvalue weighted by atomic mass is 32.1. The van der Waals surface area contributed by atoms with Crippen molar-refractivity contribution in [3.63, 3.8) is 0 Å². The third-order valence-electron chi connectivity index (χ3n) is 3.85. The molecule has 5 heteroatoms. The average Bonchev–Trinajstić information content (AvgIpc) is 2.46. The predicted molar refractivity (Wildman–Crippen MR) is 87.4 cm³/mol. The third kappa shape index (κ3) is 4.17. The number of carbonyl (C=O) groups excluding carboxylic acids is 1. The first-order chi connectivity index (χ1) is 10.1. The summed E-state index contributed by atoms with van der Waals surface area (Å²) in [5.41, 5.74) is 7.45. The van der Waals surface area contributed by atoms with E-state index in [1.807, 2.05) is 23.1 Å². The van der Waals surface area contributed by atoms with Crippen LogP contribution >= 0.6 is 12.2 Å². The minimum atomic E-state index is 0.220. The first kappa shape index (κ1) is 15.8. The van der Waals surface area contributed by atoms with Gasteiger partial charge in [-0.3, -0.25) is 4.79 Å². The number of carbonyl (C=O) groups is 1. The van der Waals surface area contributed by atoms with E-state index in [2.05, 4.69) is 0 Å². The van der Waals surface area contributed by atoms with Crippen molar-refractivity contribution in [2.24, 2.45) is 5.73 Å². The Hall–Kier alpha value is -1.62. The number of nitrogens with two attached hydrogens (primary N) is 1. The fraction of sp³-hybridized carbons (Fsp3) is 0.500. The van der Waals surface area contributed by atoms with Gasteiger partial charge >= 0.3 is 0 Å². The summed E-state index contributed by atoms with van der Waals surface area (Å²) in [6.07, 6.45) is 5.02. The van der Waals surface area contributed by atoms with Gasteiger partial charge in [-0.15, -0.1) is 0 Å². The summed E-state index contributed by atoms with van der Waals surface area (Å²) in [5, 5.41) is 0. The lowest BCUT2D eigenvalue weighted by atomic mass is 10.1. The Morgan fingerprint density at radius 2 is 2.10 bits per heavy atom. The minimum Gasteiger partial charge on any atom is -0.496 e. The largest absolute Gasteiger partial charge is 0.496 e. The maximum Gasteiger partial charge on any atom is 0.222 e. The zero-order valence-electron chi connectivity index (χ0n) is 12.4. The summed E-state index contributed by atoms with van der Waals surface area (Å²) in [5.74, 6) is 0.988. The molecule has 1 fully saturated rings. The molecule has 114 valence electrons. The molecule has 1 aromatic rings. The van der Waals surface area contributed by atoms with Gasteiger partial charge in [0.05, 0.1) is 7.11 Å². The second-order valence-corrected chi connectivity index (χ2v) is 5.81. The van der Waals surface area contributed by atoms with Crippen LogP contribution in [0.2, 0.25) is 0 Å². The van der Waals surface area contributed by atoms with Gasteiger partial charge in [0, 0.05) is 30.6 Å². The fourth-order valence-corrected chi connectivity index (χ4v) is 2.77. The smallest absolute Gasteiger partial charge is 0.222 e. The van der Waals surface area contributed by atoms with Gasteiger partial charge in [-0.1, -0.05) is 25.1 Å². The quantitative estimate of drug-likeness (QED) is 0.869. The van der Waals surface area contributed by atoms with E-state index in [-0.39, 0.29) is 5.91 Å². The van der Waals surface area contributed by atoms with Gasteiger partial charge in [-0.2, -0.15) is 0 Å². The Kier molecular flexibility index (Phi) is 5.56. The highest BCUT2D eigenvalue weighted by molar-refractivity contribution is 7.80. The summed E-state index contributed by atoms with van der Waals surface area (Å²) < 4.78 is 5.39. The molecule has 21 heavy (non-hydrogen) atoms. The molecule has 1 aliphatic heterocycles. The summed E-state index contributed by atoms with van der Waals surface area (Å²) >= 11 is 5.02. The number of hydrogen-bond acceptors (Lipinski definition) is 3. The van der Waals surface area contributed by atoms with Crippen LogP contribution in [0.4, 0.5) is 0 Å². The third-order valence-corrected chi connectivity index (χ3v) is 4.08. The molecule has 0 aromatic heterocycles. The van der Waals surface area contributed by atoms with Crippen molar-refractivity contribution in [3.05, 3.63) is 29.3 Å². The molecular weight excluding hydrogens is 284 g/mol. The highest BCUT2D eigenvalue weighted by Gasteiger charge is 2.18. The van der Waals surface area contributed by atoms with Crippen molar-refractivity contribution in [1.82, 2.24) is 4.90 Å². The van der Waals surface area contributed by atoms with E-state index in [4.69, 9.17) is 22.7 Å². The molecule has 1 heterocycles. The molecule has 2 N–H and O–H groups in total. The van der Waals surface area contributed by atoms with Gasteiger partial charge in [-0.25, -0.2) is 0 Å². The van der Waals surface area contributed by atoms with E-state index in [9.17, 15) is 4.79 Å². The molecule has 1 aliphatic rings. The predicted octanol–water partition coefficient (Wildman–Crippen LogP) is 2.62. The lowest BCUT2D eigenvalue weighted by Crippen LogP contribution is -2.32. The molecule has 0 aliphatic carbocycles. The van der Waals surface area contributed by atoms with Crippen LogP contribution in [-0.4, -0.2) is 29.5 Å². The van der Waals surface area contributed by atoms with Crippen LogP contribution in [0.3, 0.4) is 0 Å². The van der Waals surface area contributed by atoms with Crippen LogP contribution in [-0.2, 0) is 11.3 Å². The van der Waals surface area contributed by atoms with Crippen LogP contribution in [0.25, 0.3) is 0 Å². The Balaban J connectivity index is 2.21. The molecule has 2 rings (SSSR count). The Morgan fingerprint density at radius 3 is 2.81 bits per heavy atom. The molecule has 1 amide bonds. The van der Waals surface area contributed by atoms with E-state index in [0.29, 0.717) is 18.0 Å². The number of benzene rings is 1. The zero-order chi connectivity index (χ0) is 15.2. The van der Waals surface area contributed by atoms with E-state index < -0.39 is 0 Å². The average molecular weight is 306 g/mol. The van der Waals surface area contributed by atoms with E-state index in [0.717, 1.165) is 42.7 Å². The topological polar surface area (TPSA) is 55.6 Å². The monoisotopic (exact) mass is 306 g/mol. The molecule has 0 saturated carbocycles. The van der Waals surface area contributed by atoms with Gasteiger partial charge in [0.1, 0.15) is 10.7 Å². The Morgan fingerprint density at radius 1 is 1.33 bits per heavy atom. The molecule has 1 saturated heterocycles. The number of amides is 1. The minimum absolute atomic E-state index is 0.220. The first-order valence-corrected chi connectivity index (χ1v) is 7.77. The number of hydrogen-bond donors (Lipinski definition) is 1. The van der Waals surface area contributed by atoms with Crippen molar-refractivity contribution in [2.75, 3.05) is 13.7 Å². The van der Waals surface area contributed by atoms with Crippen LogP contribution in [0.15, 0.2) is 18.2 Å². The number of thiocarbonyl (C=S) groups is 1.